The van der Waals surface area contributed by atoms with Crippen molar-refractivity contribution in [1.29, 1.82) is 0 Å². The van der Waals surface area contributed by atoms with Gasteiger partial charge in [-0.25, -0.2) is 0 Å². The monoisotopic (exact) mass is 161 g/mol. The Balaban J connectivity index is 0. The lowest BCUT2D eigenvalue weighted by molar-refractivity contribution is -0.299. The van der Waals surface area contributed by atoms with Crippen molar-refractivity contribution in [3.63, 3.8) is 0 Å². The maximum Gasteiger partial charge on any atom is 0.0742 e. The molecule has 0 amide bonds. The first kappa shape index (κ1) is 12.8. The van der Waals surface area contributed by atoms with Gasteiger partial charge in [0.1, 0.15) is 0 Å². The van der Waals surface area contributed by atoms with Crippen LogP contribution in [0.15, 0.2) is 12.2 Å². The van der Waals surface area contributed by atoms with E-state index in [9.17, 15) is 9.90 Å². The zero-order chi connectivity index (χ0) is 9.44. The molecule has 1 atom stereocenters. The van der Waals surface area contributed by atoms with Crippen molar-refractivity contribution >= 4 is 5.97 Å². The van der Waals surface area contributed by atoms with Crippen LogP contribution in [0, 0.1) is 0 Å². The predicted octanol–water partition coefficient (Wildman–Crippen LogP) is -1.33. The molecule has 2 N–H and O–H groups in total. The summed E-state index contributed by atoms with van der Waals surface area (Å²) in [6.07, 6.45) is -0.560. The third-order valence-corrected chi connectivity index (χ3v) is 0.613. The molecule has 0 aromatic heterocycles. The van der Waals surface area contributed by atoms with Crippen LogP contribution in [0.4, 0.5) is 0 Å². The molecule has 1 unspecified atom stereocenters. The van der Waals surface area contributed by atoms with Crippen LogP contribution >= 0.6 is 0 Å². The van der Waals surface area contributed by atoms with Gasteiger partial charge in [-0.2, -0.15) is 0 Å². The van der Waals surface area contributed by atoms with Gasteiger partial charge in [0.25, 0.3) is 0 Å². The molecule has 0 spiro atoms. The standard InChI is InChI=1S/C4H6O2.C3H8O2/c1-3(2)4(5)6;1-3(5)2-4/h1H2,2H3,(H,5,6);3-5H,2H2,1H3/p-1. The van der Waals surface area contributed by atoms with Gasteiger partial charge in [-0.3, -0.25) is 0 Å². The zero-order valence-corrected chi connectivity index (χ0v) is 6.70. The van der Waals surface area contributed by atoms with E-state index in [1.54, 1.807) is 0 Å². The fourth-order valence-electron chi connectivity index (χ4n) is 0. The van der Waals surface area contributed by atoms with Crippen molar-refractivity contribution in [2.45, 2.75) is 20.0 Å². The first-order chi connectivity index (χ1) is 4.91. The van der Waals surface area contributed by atoms with E-state index in [0.29, 0.717) is 0 Å². The molecule has 4 nitrogen and oxygen atoms in total. The van der Waals surface area contributed by atoms with Crippen LogP contribution in [-0.2, 0) is 4.79 Å². The molecule has 66 valence electrons. The van der Waals surface area contributed by atoms with Gasteiger partial charge in [0.2, 0.25) is 0 Å². The minimum Gasteiger partial charge on any atom is -0.545 e. The average Bonchev–Trinajstić information content (AvgIpc) is 1.89. The summed E-state index contributed by atoms with van der Waals surface area (Å²) in [5.41, 5.74) is 0.0648. The quantitative estimate of drug-likeness (QED) is 0.492. The molecule has 0 aromatic rings. The van der Waals surface area contributed by atoms with Crippen LogP contribution in [0.1, 0.15) is 13.8 Å². The Kier molecular flexibility index (Phi) is 8.41. The molecule has 0 aliphatic heterocycles. The number of carboxylic acid groups (broad SMARTS) is 1. The second-order valence-corrected chi connectivity index (χ2v) is 2.10. The van der Waals surface area contributed by atoms with Gasteiger partial charge in [-0.1, -0.05) is 6.58 Å². The smallest absolute Gasteiger partial charge is 0.0742 e. The summed E-state index contributed by atoms with van der Waals surface area (Å²) in [4.78, 5) is 9.49. The number of hydrogen-bond acceptors (Lipinski definition) is 4. The van der Waals surface area contributed by atoms with Crippen LogP contribution in [0.2, 0.25) is 0 Å². The van der Waals surface area contributed by atoms with E-state index in [-0.39, 0.29) is 12.2 Å². The van der Waals surface area contributed by atoms with E-state index >= 15 is 0 Å². The molecule has 0 fully saturated rings. The fourth-order valence-corrected chi connectivity index (χ4v) is 0. The van der Waals surface area contributed by atoms with Gasteiger partial charge in [-0.15, -0.1) is 0 Å². The Morgan fingerprint density at radius 3 is 1.91 bits per heavy atom. The van der Waals surface area contributed by atoms with Gasteiger partial charge >= 0.3 is 0 Å². The first-order valence-electron chi connectivity index (χ1n) is 3.07. The number of hydrogen-bond donors (Lipinski definition) is 2. The minimum atomic E-state index is -1.19. The van der Waals surface area contributed by atoms with Crippen LogP contribution in [0.5, 0.6) is 0 Å². The van der Waals surface area contributed by atoms with Crippen molar-refractivity contribution in [3.05, 3.63) is 12.2 Å². The topological polar surface area (TPSA) is 80.6 Å². The van der Waals surface area contributed by atoms with Crippen molar-refractivity contribution in [1.82, 2.24) is 0 Å². The molecule has 0 rings (SSSR count). The molecule has 0 bridgehead atoms. The van der Waals surface area contributed by atoms with Crippen LogP contribution < -0.4 is 5.11 Å². The Labute approximate surface area is 65.8 Å². The lowest BCUT2D eigenvalue weighted by Gasteiger charge is -1.93. The zero-order valence-electron chi connectivity index (χ0n) is 6.70. The van der Waals surface area contributed by atoms with Crippen LogP contribution in [-0.4, -0.2) is 28.9 Å². The highest BCUT2D eigenvalue weighted by molar-refractivity contribution is 5.82. The number of aliphatic carboxylic acids is 1. The van der Waals surface area contributed by atoms with E-state index in [4.69, 9.17) is 10.2 Å². The summed E-state index contributed by atoms with van der Waals surface area (Å²) in [5, 5.41) is 25.5. The molecule has 0 aliphatic carbocycles. The maximum atomic E-state index is 9.49. The summed E-state index contributed by atoms with van der Waals surface area (Å²) < 4.78 is 0. The summed E-state index contributed by atoms with van der Waals surface area (Å²) in [5.74, 6) is -1.19. The Morgan fingerprint density at radius 1 is 1.73 bits per heavy atom. The Morgan fingerprint density at radius 2 is 1.91 bits per heavy atom. The molecule has 0 aliphatic rings. The van der Waals surface area contributed by atoms with E-state index in [0.717, 1.165) is 0 Å². The molecular weight excluding hydrogens is 148 g/mol. The van der Waals surface area contributed by atoms with Crippen molar-refractivity contribution < 1.29 is 20.1 Å². The third-order valence-electron chi connectivity index (χ3n) is 0.613. The van der Waals surface area contributed by atoms with E-state index < -0.39 is 12.1 Å². The second kappa shape index (κ2) is 7.24. The fraction of sp³-hybridized carbons (Fsp3) is 0.571. The summed E-state index contributed by atoms with van der Waals surface area (Å²) in [6, 6.07) is 0. The molecule has 0 saturated carbocycles. The molecule has 0 saturated heterocycles. The van der Waals surface area contributed by atoms with E-state index in [1.165, 1.54) is 13.8 Å². The molecule has 0 radical (unpaired) electrons. The number of carboxylic acids is 1. The highest BCUT2D eigenvalue weighted by Crippen LogP contribution is 1.77. The number of carbonyl (C=O) groups excluding carboxylic acids is 1. The average molecular weight is 161 g/mol. The lowest BCUT2D eigenvalue weighted by Crippen LogP contribution is -2.22. The second-order valence-electron chi connectivity index (χ2n) is 2.10. The normalized spacial score (nSPS) is 10.9. The van der Waals surface area contributed by atoms with Crippen LogP contribution in [0.3, 0.4) is 0 Å². The van der Waals surface area contributed by atoms with E-state index in [1.807, 2.05) is 0 Å². The minimum absolute atomic E-state index is 0.0648. The molecule has 11 heavy (non-hydrogen) atoms. The number of aliphatic hydroxyl groups excluding tert-OH is 2. The summed E-state index contributed by atoms with van der Waals surface area (Å²) in [7, 11) is 0. The SMILES string of the molecule is C=C(C)C(=O)[O-].CC(O)CO. The third kappa shape index (κ3) is 17.6. The Bertz CT molecular complexity index is 116. The predicted molar refractivity (Wildman–Crippen MR) is 38.6 cm³/mol. The van der Waals surface area contributed by atoms with Gasteiger partial charge in [0.05, 0.1) is 18.7 Å². The van der Waals surface area contributed by atoms with Gasteiger partial charge < -0.3 is 20.1 Å². The summed E-state index contributed by atoms with van der Waals surface area (Å²) >= 11 is 0. The van der Waals surface area contributed by atoms with Crippen molar-refractivity contribution in [2.24, 2.45) is 0 Å². The maximum absolute atomic E-state index is 9.49. The number of rotatable bonds is 2. The van der Waals surface area contributed by atoms with Crippen LogP contribution in [0.25, 0.3) is 0 Å². The molecule has 4 heteroatoms. The van der Waals surface area contributed by atoms with Crippen molar-refractivity contribution in [3.8, 4) is 0 Å². The van der Waals surface area contributed by atoms with Gasteiger partial charge in [0, 0.05) is 0 Å². The van der Waals surface area contributed by atoms with E-state index in [2.05, 4.69) is 6.58 Å². The highest BCUT2D eigenvalue weighted by Gasteiger charge is 1.83. The number of carbonyl (C=O) groups is 1. The van der Waals surface area contributed by atoms with Gasteiger partial charge in [-0.05, 0) is 19.4 Å². The van der Waals surface area contributed by atoms with Gasteiger partial charge in [0.15, 0.2) is 0 Å². The Hall–Kier alpha value is -0.870. The molecule has 0 heterocycles. The largest absolute Gasteiger partial charge is 0.545 e. The summed E-state index contributed by atoms with van der Waals surface area (Å²) in [6.45, 7) is 5.87. The first-order valence-corrected chi connectivity index (χ1v) is 3.07. The molecule has 0 aromatic carbocycles. The lowest BCUT2D eigenvalue weighted by atomic mass is 10.4. The number of aliphatic hydroxyl groups is 2. The van der Waals surface area contributed by atoms with Crippen molar-refractivity contribution in [2.75, 3.05) is 6.61 Å². The highest BCUT2D eigenvalue weighted by atomic mass is 16.4. The molecular formula is C7H13O4-.